The molecule has 1 aromatic heterocycles. The molecule has 5 heteroatoms. The molecule has 2 rings (SSSR count). The van der Waals surface area contributed by atoms with Crippen LogP contribution in [0.4, 0.5) is 11.4 Å². The van der Waals surface area contributed by atoms with E-state index in [1.54, 1.807) is 13.8 Å². The lowest BCUT2D eigenvalue weighted by atomic mass is 10.2. The van der Waals surface area contributed by atoms with Crippen LogP contribution in [0.15, 0.2) is 28.7 Å². The largest absolute Gasteiger partial charge is 0.436 e. The van der Waals surface area contributed by atoms with E-state index in [1.807, 2.05) is 43.3 Å². The second-order valence-corrected chi connectivity index (χ2v) is 4.54. The van der Waals surface area contributed by atoms with Gasteiger partial charge in [0.1, 0.15) is 0 Å². The standard InChI is InChI=1S/C14H17N3O2/c1-9-13(19-10(2)15-9)14(18)16-11-5-7-12(8-6-11)17(3)4/h5-8H,1-4H3,(H,16,18). The molecular weight excluding hydrogens is 242 g/mol. The third-order valence-electron chi connectivity index (χ3n) is 2.75. The van der Waals surface area contributed by atoms with Crippen molar-refractivity contribution in [2.75, 3.05) is 24.3 Å². The van der Waals surface area contributed by atoms with Gasteiger partial charge in [-0.05, 0) is 31.2 Å². The number of oxazole rings is 1. The van der Waals surface area contributed by atoms with E-state index in [0.29, 0.717) is 11.6 Å². The van der Waals surface area contributed by atoms with E-state index in [1.165, 1.54) is 0 Å². The van der Waals surface area contributed by atoms with Gasteiger partial charge in [0.2, 0.25) is 5.76 Å². The van der Waals surface area contributed by atoms with Crippen LogP contribution in [0.3, 0.4) is 0 Å². The van der Waals surface area contributed by atoms with Crippen molar-refractivity contribution in [3.8, 4) is 0 Å². The average molecular weight is 259 g/mol. The van der Waals surface area contributed by atoms with Crippen molar-refractivity contribution < 1.29 is 9.21 Å². The number of aromatic nitrogens is 1. The van der Waals surface area contributed by atoms with Crippen molar-refractivity contribution in [3.63, 3.8) is 0 Å². The van der Waals surface area contributed by atoms with Crippen molar-refractivity contribution in [1.29, 1.82) is 0 Å². The maximum absolute atomic E-state index is 12.0. The van der Waals surface area contributed by atoms with Crippen molar-refractivity contribution in [3.05, 3.63) is 41.6 Å². The lowest BCUT2D eigenvalue weighted by Gasteiger charge is -2.12. The number of amides is 1. The summed E-state index contributed by atoms with van der Waals surface area (Å²) < 4.78 is 5.28. The number of aryl methyl sites for hydroxylation is 2. The van der Waals surface area contributed by atoms with Crippen LogP contribution < -0.4 is 10.2 Å². The van der Waals surface area contributed by atoms with Crippen LogP contribution in [-0.4, -0.2) is 25.0 Å². The van der Waals surface area contributed by atoms with Crippen LogP contribution >= 0.6 is 0 Å². The summed E-state index contributed by atoms with van der Waals surface area (Å²) in [7, 11) is 3.93. The first-order valence-electron chi connectivity index (χ1n) is 6.00. The highest BCUT2D eigenvalue weighted by Crippen LogP contribution is 2.17. The normalized spacial score (nSPS) is 10.3. The third-order valence-corrected chi connectivity index (χ3v) is 2.75. The monoisotopic (exact) mass is 259 g/mol. The number of hydrogen-bond acceptors (Lipinski definition) is 4. The van der Waals surface area contributed by atoms with E-state index in [-0.39, 0.29) is 11.7 Å². The van der Waals surface area contributed by atoms with Gasteiger partial charge in [0.25, 0.3) is 5.91 Å². The number of carbonyl (C=O) groups excluding carboxylic acids is 1. The molecule has 100 valence electrons. The predicted molar refractivity (Wildman–Crippen MR) is 74.7 cm³/mol. The van der Waals surface area contributed by atoms with E-state index in [4.69, 9.17) is 4.42 Å². The maximum Gasteiger partial charge on any atom is 0.293 e. The van der Waals surface area contributed by atoms with Crippen molar-refractivity contribution in [1.82, 2.24) is 4.98 Å². The fraction of sp³-hybridized carbons (Fsp3) is 0.286. The van der Waals surface area contributed by atoms with Gasteiger partial charge in [0.15, 0.2) is 5.89 Å². The average Bonchev–Trinajstić information content (AvgIpc) is 2.69. The molecule has 0 atom stereocenters. The Labute approximate surface area is 112 Å². The van der Waals surface area contributed by atoms with Crippen molar-refractivity contribution in [2.45, 2.75) is 13.8 Å². The van der Waals surface area contributed by atoms with Gasteiger partial charge >= 0.3 is 0 Å². The van der Waals surface area contributed by atoms with Gasteiger partial charge in [-0.25, -0.2) is 4.98 Å². The molecule has 5 nitrogen and oxygen atoms in total. The Morgan fingerprint density at radius 2 is 1.84 bits per heavy atom. The minimum Gasteiger partial charge on any atom is -0.436 e. The Morgan fingerprint density at radius 3 is 2.32 bits per heavy atom. The first-order valence-corrected chi connectivity index (χ1v) is 6.00. The molecular formula is C14H17N3O2. The molecule has 0 aliphatic heterocycles. The summed E-state index contributed by atoms with van der Waals surface area (Å²) in [5.41, 5.74) is 2.40. The summed E-state index contributed by atoms with van der Waals surface area (Å²) in [4.78, 5) is 18.1. The number of anilines is 2. The van der Waals surface area contributed by atoms with E-state index in [2.05, 4.69) is 10.3 Å². The predicted octanol–water partition coefficient (Wildman–Crippen LogP) is 2.61. The van der Waals surface area contributed by atoms with Gasteiger partial charge in [-0.1, -0.05) is 0 Å². The molecule has 1 amide bonds. The zero-order valence-corrected chi connectivity index (χ0v) is 11.5. The number of rotatable bonds is 3. The van der Waals surface area contributed by atoms with Crippen LogP contribution in [0.5, 0.6) is 0 Å². The van der Waals surface area contributed by atoms with Gasteiger partial charge in [-0.3, -0.25) is 4.79 Å². The minimum absolute atomic E-state index is 0.259. The minimum atomic E-state index is -0.282. The molecule has 2 aromatic rings. The van der Waals surface area contributed by atoms with E-state index in [0.717, 1.165) is 11.4 Å². The highest BCUT2D eigenvalue weighted by molar-refractivity contribution is 6.03. The number of carbonyl (C=O) groups is 1. The SMILES string of the molecule is Cc1nc(C)c(C(=O)Nc2ccc(N(C)C)cc2)o1. The quantitative estimate of drug-likeness (QED) is 0.920. The summed E-state index contributed by atoms with van der Waals surface area (Å²) in [5.74, 6) is 0.468. The number of nitrogens with zero attached hydrogens (tertiary/aromatic N) is 2. The van der Waals surface area contributed by atoms with E-state index >= 15 is 0 Å². The molecule has 1 aromatic carbocycles. The Bertz CT molecular complexity index is 585. The Balaban J connectivity index is 2.13. The molecule has 0 radical (unpaired) electrons. The molecule has 1 N–H and O–H groups in total. The Kier molecular flexibility index (Phi) is 3.55. The van der Waals surface area contributed by atoms with E-state index in [9.17, 15) is 4.79 Å². The summed E-state index contributed by atoms with van der Waals surface area (Å²) in [6.45, 7) is 3.47. The Morgan fingerprint density at radius 1 is 1.21 bits per heavy atom. The zero-order valence-electron chi connectivity index (χ0n) is 11.5. The first-order chi connectivity index (χ1) is 8.97. The van der Waals surface area contributed by atoms with Crippen molar-refractivity contribution >= 4 is 17.3 Å². The lowest BCUT2D eigenvalue weighted by molar-refractivity contribution is 0.0994. The van der Waals surface area contributed by atoms with Crippen LogP contribution in [0.25, 0.3) is 0 Å². The van der Waals surface area contributed by atoms with Crippen molar-refractivity contribution in [2.24, 2.45) is 0 Å². The van der Waals surface area contributed by atoms with Gasteiger partial charge in [-0.15, -0.1) is 0 Å². The molecule has 0 fully saturated rings. The molecule has 0 unspecified atom stereocenters. The molecule has 0 saturated carbocycles. The molecule has 0 aliphatic carbocycles. The van der Waals surface area contributed by atoms with Gasteiger partial charge in [0, 0.05) is 32.4 Å². The molecule has 0 bridgehead atoms. The Hall–Kier alpha value is -2.30. The fourth-order valence-corrected chi connectivity index (χ4v) is 1.77. The molecule has 1 heterocycles. The van der Waals surface area contributed by atoms with Crippen LogP contribution in [-0.2, 0) is 0 Å². The van der Waals surface area contributed by atoms with Gasteiger partial charge < -0.3 is 14.6 Å². The van der Waals surface area contributed by atoms with Gasteiger partial charge in [0.05, 0.1) is 5.69 Å². The molecule has 0 aliphatic rings. The second kappa shape index (κ2) is 5.14. The lowest BCUT2D eigenvalue weighted by Crippen LogP contribution is -2.13. The van der Waals surface area contributed by atoms with Crippen LogP contribution in [0.2, 0.25) is 0 Å². The second-order valence-electron chi connectivity index (χ2n) is 4.54. The highest BCUT2D eigenvalue weighted by atomic mass is 16.4. The zero-order chi connectivity index (χ0) is 14.0. The van der Waals surface area contributed by atoms with E-state index < -0.39 is 0 Å². The summed E-state index contributed by atoms with van der Waals surface area (Å²) in [5, 5.41) is 2.79. The van der Waals surface area contributed by atoms with Gasteiger partial charge in [-0.2, -0.15) is 0 Å². The fourth-order valence-electron chi connectivity index (χ4n) is 1.77. The summed E-state index contributed by atoms with van der Waals surface area (Å²) in [6, 6.07) is 7.58. The molecule has 0 saturated heterocycles. The third kappa shape index (κ3) is 2.93. The molecule has 19 heavy (non-hydrogen) atoms. The summed E-state index contributed by atoms with van der Waals surface area (Å²) >= 11 is 0. The highest BCUT2D eigenvalue weighted by Gasteiger charge is 2.15. The number of nitrogens with one attached hydrogen (secondary N) is 1. The smallest absolute Gasteiger partial charge is 0.293 e. The molecule has 0 spiro atoms. The number of benzene rings is 1. The number of hydrogen-bond donors (Lipinski definition) is 1. The van der Waals surface area contributed by atoms with Crippen LogP contribution in [0, 0.1) is 13.8 Å². The van der Waals surface area contributed by atoms with Crippen LogP contribution in [0.1, 0.15) is 22.1 Å². The maximum atomic E-state index is 12.0. The topological polar surface area (TPSA) is 58.4 Å². The first kappa shape index (κ1) is 13.1. The summed E-state index contributed by atoms with van der Waals surface area (Å²) in [6.07, 6.45) is 0.